The molecule has 1 heterocycles. The Hall–Kier alpha value is -2.65. The molecule has 0 saturated carbocycles. The van der Waals surface area contributed by atoms with E-state index in [2.05, 4.69) is 10.6 Å². The third kappa shape index (κ3) is 5.20. The minimum atomic E-state index is -4.88. The summed E-state index contributed by atoms with van der Waals surface area (Å²) >= 11 is 0. The topological polar surface area (TPSA) is 78.5 Å². The number of carbonyl (C=O) groups excluding carboxylic acids is 3. The smallest absolute Gasteiger partial charge is 0.345 e. The fourth-order valence-electron chi connectivity index (χ4n) is 2.75. The van der Waals surface area contributed by atoms with Gasteiger partial charge in [-0.1, -0.05) is 6.92 Å². The number of rotatable bonds is 4. The second-order valence-electron chi connectivity index (χ2n) is 6.70. The van der Waals surface area contributed by atoms with Crippen molar-refractivity contribution in [3.63, 3.8) is 0 Å². The first-order valence-corrected chi connectivity index (χ1v) is 8.80. The van der Waals surface area contributed by atoms with Crippen LogP contribution in [0.2, 0.25) is 0 Å². The molecule has 1 unspecified atom stereocenters. The molecule has 1 aliphatic rings. The van der Waals surface area contributed by atoms with Crippen molar-refractivity contribution in [1.29, 1.82) is 0 Å². The van der Waals surface area contributed by atoms with Gasteiger partial charge in [-0.25, -0.2) is 4.39 Å². The Kier molecular flexibility index (Phi) is 6.63. The minimum Gasteiger partial charge on any atom is -0.345 e. The second kappa shape index (κ2) is 8.57. The van der Waals surface area contributed by atoms with E-state index in [0.717, 1.165) is 6.07 Å². The molecule has 2 N–H and O–H groups in total. The molecule has 28 heavy (non-hydrogen) atoms. The SMILES string of the molecule is CC[C@@H](C)NC(=O)C(=O)N1CCC(C(=O)Nc2ccc(F)c(C(F)(F)F)c2)C1. The maximum absolute atomic E-state index is 13.3. The Morgan fingerprint density at radius 1 is 1.29 bits per heavy atom. The van der Waals surface area contributed by atoms with Crippen LogP contribution in [0.25, 0.3) is 0 Å². The van der Waals surface area contributed by atoms with Crippen LogP contribution in [-0.2, 0) is 20.6 Å². The van der Waals surface area contributed by atoms with Crippen LogP contribution >= 0.6 is 0 Å². The van der Waals surface area contributed by atoms with Gasteiger partial charge in [0.2, 0.25) is 5.91 Å². The Bertz CT molecular complexity index is 767. The molecule has 1 aromatic rings. The quantitative estimate of drug-likeness (QED) is 0.599. The Morgan fingerprint density at radius 3 is 2.57 bits per heavy atom. The van der Waals surface area contributed by atoms with Gasteiger partial charge in [0, 0.05) is 24.8 Å². The van der Waals surface area contributed by atoms with Crippen LogP contribution in [0.3, 0.4) is 0 Å². The van der Waals surface area contributed by atoms with E-state index in [-0.39, 0.29) is 31.2 Å². The number of hydrogen-bond acceptors (Lipinski definition) is 3. The second-order valence-corrected chi connectivity index (χ2v) is 6.70. The van der Waals surface area contributed by atoms with Crippen molar-refractivity contribution in [2.45, 2.75) is 38.9 Å². The zero-order chi connectivity index (χ0) is 21.1. The highest BCUT2D eigenvalue weighted by Crippen LogP contribution is 2.33. The summed E-state index contributed by atoms with van der Waals surface area (Å²) in [7, 11) is 0. The number of carbonyl (C=O) groups is 3. The van der Waals surface area contributed by atoms with E-state index >= 15 is 0 Å². The van der Waals surface area contributed by atoms with Gasteiger partial charge in [0.1, 0.15) is 5.82 Å². The van der Waals surface area contributed by atoms with Gasteiger partial charge in [0.15, 0.2) is 0 Å². The van der Waals surface area contributed by atoms with Gasteiger partial charge in [-0.15, -0.1) is 0 Å². The predicted octanol–water partition coefficient (Wildman–Crippen LogP) is 2.55. The highest BCUT2D eigenvalue weighted by Gasteiger charge is 2.36. The summed E-state index contributed by atoms with van der Waals surface area (Å²) in [6.45, 7) is 3.77. The van der Waals surface area contributed by atoms with E-state index in [1.165, 1.54) is 4.90 Å². The van der Waals surface area contributed by atoms with Crippen molar-refractivity contribution in [3.8, 4) is 0 Å². The number of benzene rings is 1. The van der Waals surface area contributed by atoms with Crippen LogP contribution < -0.4 is 10.6 Å². The van der Waals surface area contributed by atoms with Crippen LogP contribution in [0.4, 0.5) is 23.2 Å². The van der Waals surface area contributed by atoms with Crippen LogP contribution in [-0.4, -0.2) is 41.8 Å². The molecule has 0 aromatic heterocycles. The molecular weight excluding hydrogens is 382 g/mol. The van der Waals surface area contributed by atoms with E-state index in [9.17, 15) is 31.9 Å². The molecule has 1 aromatic carbocycles. The lowest BCUT2D eigenvalue weighted by molar-refractivity contribution is -0.145. The number of nitrogens with one attached hydrogen (secondary N) is 2. The highest BCUT2D eigenvalue weighted by atomic mass is 19.4. The molecule has 0 radical (unpaired) electrons. The molecule has 3 amide bonds. The van der Waals surface area contributed by atoms with Crippen LogP contribution in [0.15, 0.2) is 18.2 Å². The summed E-state index contributed by atoms with van der Waals surface area (Å²) in [6, 6.07) is 2.01. The fourth-order valence-corrected chi connectivity index (χ4v) is 2.75. The largest absolute Gasteiger partial charge is 0.419 e. The van der Waals surface area contributed by atoms with E-state index in [0.29, 0.717) is 18.6 Å². The summed E-state index contributed by atoms with van der Waals surface area (Å²) < 4.78 is 51.6. The van der Waals surface area contributed by atoms with Crippen molar-refractivity contribution in [2.24, 2.45) is 5.92 Å². The Balaban J connectivity index is 1.98. The van der Waals surface area contributed by atoms with Gasteiger partial charge >= 0.3 is 18.0 Å². The van der Waals surface area contributed by atoms with Crippen LogP contribution in [0, 0.1) is 11.7 Å². The number of nitrogens with zero attached hydrogens (tertiary/aromatic N) is 1. The van der Waals surface area contributed by atoms with Crippen molar-refractivity contribution >= 4 is 23.4 Å². The summed E-state index contributed by atoms with van der Waals surface area (Å²) in [6.07, 6.45) is -3.96. The maximum atomic E-state index is 13.3. The highest BCUT2D eigenvalue weighted by molar-refractivity contribution is 6.35. The molecule has 154 valence electrons. The van der Waals surface area contributed by atoms with E-state index in [1.54, 1.807) is 6.92 Å². The lowest BCUT2D eigenvalue weighted by Gasteiger charge is -2.18. The Morgan fingerprint density at radius 2 is 1.96 bits per heavy atom. The van der Waals surface area contributed by atoms with E-state index in [4.69, 9.17) is 0 Å². The van der Waals surface area contributed by atoms with Crippen molar-refractivity contribution in [2.75, 3.05) is 18.4 Å². The van der Waals surface area contributed by atoms with Gasteiger partial charge in [-0.3, -0.25) is 14.4 Å². The number of amides is 3. The zero-order valence-corrected chi connectivity index (χ0v) is 15.4. The van der Waals surface area contributed by atoms with Crippen LogP contribution in [0.1, 0.15) is 32.3 Å². The summed E-state index contributed by atoms with van der Waals surface area (Å²) in [5.41, 5.74) is -1.67. The first kappa shape index (κ1) is 21.6. The molecule has 0 bridgehead atoms. The summed E-state index contributed by atoms with van der Waals surface area (Å²) in [5, 5.41) is 4.85. The molecular formula is C18H21F4N3O3. The average molecular weight is 403 g/mol. The van der Waals surface area contributed by atoms with Gasteiger partial charge in [-0.05, 0) is 38.0 Å². The van der Waals surface area contributed by atoms with Crippen LogP contribution in [0.5, 0.6) is 0 Å². The zero-order valence-electron chi connectivity index (χ0n) is 15.4. The fraction of sp³-hybridized carbons (Fsp3) is 0.500. The van der Waals surface area contributed by atoms with Gasteiger partial charge in [0.05, 0.1) is 11.5 Å². The molecule has 2 rings (SSSR count). The number of hydrogen-bond donors (Lipinski definition) is 2. The van der Waals surface area contributed by atoms with Crippen molar-refractivity contribution in [1.82, 2.24) is 10.2 Å². The van der Waals surface area contributed by atoms with E-state index < -0.39 is 41.2 Å². The van der Waals surface area contributed by atoms with E-state index in [1.807, 2.05) is 6.92 Å². The Labute approximate surface area is 159 Å². The minimum absolute atomic E-state index is 0.0219. The average Bonchev–Trinajstić information content (AvgIpc) is 3.11. The van der Waals surface area contributed by atoms with Crippen molar-refractivity contribution in [3.05, 3.63) is 29.6 Å². The first-order chi connectivity index (χ1) is 13.0. The molecule has 1 aliphatic heterocycles. The molecule has 1 fully saturated rings. The third-order valence-electron chi connectivity index (χ3n) is 4.57. The number of likely N-dealkylation sites (tertiary alicyclic amines) is 1. The molecule has 1 saturated heterocycles. The molecule has 6 nitrogen and oxygen atoms in total. The lowest BCUT2D eigenvalue weighted by atomic mass is 10.1. The number of halogens is 4. The summed E-state index contributed by atoms with van der Waals surface area (Å²) in [4.78, 5) is 37.5. The normalized spacial score (nSPS) is 17.9. The molecule has 10 heteroatoms. The maximum Gasteiger partial charge on any atom is 0.419 e. The number of alkyl halides is 3. The van der Waals surface area contributed by atoms with Gasteiger partial charge in [-0.2, -0.15) is 13.2 Å². The molecule has 0 spiro atoms. The van der Waals surface area contributed by atoms with Gasteiger partial charge in [0.25, 0.3) is 0 Å². The third-order valence-corrected chi connectivity index (χ3v) is 4.57. The summed E-state index contributed by atoms with van der Waals surface area (Å²) in [5.74, 6) is -4.23. The number of anilines is 1. The predicted molar refractivity (Wildman–Crippen MR) is 92.6 cm³/mol. The molecule has 0 aliphatic carbocycles. The standard InChI is InChI=1S/C18H21F4N3O3/c1-3-10(2)23-16(27)17(28)25-7-6-11(9-25)15(26)24-12-4-5-14(19)13(8-12)18(20,21)22/h4-5,8,10-11H,3,6-7,9H2,1-2H3,(H,23,27)(H,24,26)/t10-,11?/m1/s1. The van der Waals surface area contributed by atoms with Crippen molar-refractivity contribution < 1.29 is 31.9 Å². The monoisotopic (exact) mass is 403 g/mol. The lowest BCUT2D eigenvalue weighted by Crippen LogP contribution is -2.45. The molecule has 2 atom stereocenters. The van der Waals surface area contributed by atoms with Gasteiger partial charge < -0.3 is 15.5 Å². The first-order valence-electron chi connectivity index (χ1n) is 8.80.